The lowest BCUT2D eigenvalue weighted by molar-refractivity contribution is -0.191. The summed E-state index contributed by atoms with van der Waals surface area (Å²) < 4.78 is 68.0. The summed E-state index contributed by atoms with van der Waals surface area (Å²) in [7, 11) is 0. The van der Waals surface area contributed by atoms with E-state index in [1.807, 2.05) is 87.7 Å². The molecule has 0 saturated carbocycles. The van der Waals surface area contributed by atoms with Crippen molar-refractivity contribution in [2.75, 3.05) is 158 Å². The van der Waals surface area contributed by atoms with Gasteiger partial charge in [-0.25, -0.2) is 29.0 Å². The Labute approximate surface area is 632 Å². The van der Waals surface area contributed by atoms with E-state index in [-0.39, 0.29) is 75.7 Å². The largest absolute Gasteiger partial charge is 0.469 e. The van der Waals surface area contributed by atoms with Crippen LogP contribution in [0.4, 0.5) is 19.2 Å². The summed E-state index contributed by atoms with van der Waals surface area (Å²) in [6.45, 7) is 22.1. The molecule has 4 N–H and O–H groups in total. The number of rotatable bonds is 41. The summed E-state index contributed by atoms with van der Waals surface area (Å²) in [4.78, 5) is 117. The second-order valence-electron chi connectivity index (χ2n) is 27.4. The molecule has 108 heavy (non-hydrogen) atoms. The molecule has 4 saturated heterocycles. The fraction of sp³-hybridized carbons (Fsp3) is 0.590. The molecule has 4 aromatic carbocycles. The van der Waals surface area contributed by atoms with E-state index in [1.165, 1.54) is 9.80 Å². The standard InChI is InChI=1S/C78H108N10O20/c1-7-15-61(57-21-27-63-65(51-57)105-53-103-63)81-73(93)87-69(91)77(9-3,10-4)71(87)107-59-23-17-55(18-24-59)67(89)85-35-31-83(32-36-85)39-41-97-43-45-99-47-49-101-75(95)79-29-13-14-30-80-76(96)102-50-48-100-46-44-98-42-40-84-33-37-86(38-34-84)68(90)56-19-25-60(26-20-56)108-72-78(11-5,12-6)70(92)88(72)74(94)82-62(16-8-2)58-22-28-64-66(52-58)106-54-104-64/h17-28,51-52,61-62,71-72H,7-16,29-50,53-54H2,1-6H3,(H,79,95)(H,80,96)(H,81,93)(H,82,94)/t61-,62-,71+,72+/m1/s1. The maximum absolute atomic E-state index is 13.9. The Morgan fingerprint density at radius 1 is 0.444 bits per heavy atom. The van der Waals surface area contributed by atoms with Gasteiger partial charge in [0.2, 0.25) is 25.4 Å². The Balaban J connectivity index is 0.490. The Morgan fingerprint density at radius 3 is 1.16 bits per heavy atom. The van der Waals surface area contributed by atoms with E-state index in [1.54, 1.807) is 48.5 Å². The molecule has 10 amide bonds. The van der Waals surface area contributed by atoms with E-state index in [9.17, 15) is 38.4 Å². The number of fused-ring (bicyclic) bond motifs is 2. The molecule has 30 heteroatoms. The number of benzene rings is 4. The van der Waals surface area contributed by atoms with Crippen molar-refractivity contribution in [3.8, 4) is 34.5 Å². The molecule has 590 valence electrons. The third-order valence-corrected chi connectivity index (χ3v) is 20.9. The minimum atomic E-state index is -0.873. The zero-order valence-electron chi connectivity index (χ0n) is 63.3. The van der Waals surface area contributed by atoms with Crippen LogP contribution in [0.1, 0.15) is 150 Å². The molecule has 0 radical (unpaired) electrons. The number of amides is 10. The first-order valence-electron chi connectivity index (χ1n) is 38.3. The first kappa shape index (κ1) is 81.3. The molecule has 4 aromatic rings. The van der Waals surface area contributed by atoms with Crippen molar-refractivity contribution in [1.29, 1.82) is 0 Å². The Hall–Kier alpha value is -9.20. The Kier molecular flexibility index (Phi) is 30.3. The molecule has 0 bridgehead atoms. The predicted molar refractivity (Wildman–Crippen MR) is 395 cm³/mol. The zero-order valence-corrected chi connectivity index (χ0v) is 63.3. The third-order valence-electron chi connectivity index (χ3n) is 20.9. The van der Waals surface area contributed by atoms with E-state index in [2.05, 4.69) is 31.1 Å². The average Bonchev–Trinajstić information content (AvgIpc) is 0.909. The maximum Gasteiger partial charge on any atom is 0.407 e. The van der Waals surface area contributed by atoms with Gasteiger partial charge >= 0.3 is 24.2 Å². The van der Waals surface area contributed by atoms with Crippen molar-refractivity contribution in [2.24, 2.45) is 10.8 Å². The highest BCUT2D eigenvalue weighted by molar-refractivity contribution is 6.04. The van der Waals surface area contributed by atoms with Gasteiger partial charge in [-0.15, -0.1) is 0 Å². The first-order chi connectivity index (χ1) is 52.6. The number of piperazine rings is 2. The van der Waals surface area contributed by atoms with E-state index >= 15 is 0 Å². The van der Waals surface area contributed by atoms with Crippen LogP contribution in [-0.2, 0) is 38.0 Å². The predicted octanol–water partition coefficient (Wildman–Crippen LogP) is 8.87. The average molecular weight is 1510 g/mol. The van der Waals surface area contributed by atoms with Gasteiger partial charge in [-0.1, -0.05) is 66.5 Å². The van der Waals surface area contributed by atoms with Crippen molar-refractivity contribution in [3.05, 3.63) is 107 Å². The van der Waals surface area contributed by atoms with Crippen molar-refractivity contribution < 1.29 is 95.2 Å². The monoisotopic (exact) mass is 1500 g/mol. The number of hydrogen-bond acceptors (Lipinski definition) is 22. The number of unbranched alkanes of at least 4 members (excludes halogenated alkanes) is 1. The van der Waals surface area contributed by atoms with Crippen molar-refractivity contribution >= 4 is 47.9 Å². The Morgan fingerprint density at radius 2 is 0.796 bits per heavy atom. The van der Waals surface area contributed by atoms with Gasteiger partial charge in [-0.2, -0.15) is 0 Å². The van der Waals surface area contributed by atoms with Gasteiger partial charge in [-0.3, -0.25) is 29.0 Å². The third kappa shape index (κ3) is 20.6. The van der Waals surface area contributed by atoms with Crippen LogP contribution in [0.3, 0.4) is 0 Å². The summed E-state index contributed by atoms with van der Waals surface area (Å²) in [5.74, 6) is 2.66. The fourth-order valence-corrected chi connectivity index (χ4v) is 14.2. The second kappa shape index (κ2) is 40.3. The van der Waals surface area contributed by atoms with Gasteiger partial charge in [0.1, 0.15) is 35.5 Å². The van der Waals surface area contributed by atoms with E-state index in [0.29, 0.717) is 215 Å². The highest BCUT2D eigenvalue weighted by Crippen LogP contribution is 2.48. The number of nitrogens with zero attached hydrogens (tertiary/aromatic N) is 6. The molecular weight excluding hydrogens is 1400 g/mol. The highest BCUT2D eigenvalue weighted by atomic mass is 16.7. The highest BCUT2D eigenvalue weighted by Gasteiger charge is 2.64. The molecule has 6 heterocycles. The molecular formula is C78H108N10O20. The minimum Gasteiger partial charge on any atom is -0.469 e. The first-order valence-corrected chi connectivity index (χ1v) is 38.3. The van der Waals surface area contributed by atoms with Crippen LogP contribution in [0.25, 0.3) is 0 Å². The molecule has 6 aliphatic heterocycles. The number of alkyl carbamates (subject to hydrolysis) is 2. The van der Waals surface area contributed by atoms with Gasteiger partial charge < -0.3 is 87.9 Å². The van der Waals surface area contributed by atoms with Crippen LogP contribution in [0, 0.1) is 10.8 Å². The van der Waals surface area contributed by atoms with Crippen LogP contribution >= 0.6 is 0 Å². The number of carbonyl (C=O) groups excluding carboxylic acids is 8. The molecule has 4 fully saturated rings. The lowest BCUT2D eigenvalue weighted by Gasteiger charge is -2.53. The summed E-state index contributed by atoms with van der Waals surface area (Å²) in [6, 6.07) is 23.1. The van der Waals surface area contributed by atoms with Gasteiger partial charge in [0.25, 0.3) is 11.8 Å². The van der Waals surface area contributed by atoms with E-state index in [0.717, 1.165) is 24.0 Å². The van der Waals surface area contributed by atoms with Gasteiger partial charge in [0, 0.05) is 89.7 Å². The molecule has 6 aliphatic rings. The molecule has 4 atom stereocenters. The van der Waals surface area contributed by atoms with Gasteiger partial charge in [0.15, 0.2) is 35.5 Å². The van der Waals surface area contributed by atoms with Crippen molar-refractivity contribution in [2.45, 2.75) is 130 Å². The minimum absolute atomic E-state index is 0.0793. The molecule has 30 nitrogen and oxygen atoms in total. The lowest BCUT2D eigenvalue weighted by Crippen LogP contribution is -2.73. The summed E-state index contributed by atoms with van der Waals surface area (Å²) in [5, 5.41) is 11.5. The van der Waals surface area contributed by atoms with Gasteiger partial charge in [0.05, 0.1) is 64.9 Å². The molecule has 0 aliphatic carbocycles. The molecule has 0 aromatic heterocycles. The van der Waals surface area contributed by atoms with Crippen LogP contribution in [0.5, 0.6) is 34.5 Å². The molecule has 10 rings (SSSR count). The van der Waals surface area contributed by atoms with Crippen LogP contribution in [-0.4, -0.2) is 248 Å². The summed E-state index contributed by atoms with van der Waals surface area (Å²) >= 11 is 0. The second-order valence-corrected chi connectivity index (χ2v) is 27.4. The van der Waals surface area contributed by atoms with Crippen LogP contribution in [0.15, 0.2) is 84.9 Å². The lowest BCUT2D eigenvalue weighted by atomic mass is 9.72. The van der Waals surface area contributed by atoms with Crippen molar-refractivity contribution in [1.82, 2.24) is 50.7 Å². The van der Waals surface area contributed by atoms with E-state index in [4.69, 9.17) is 56.8 Å². The maximum atomic E-state index is 13.9. The number of ether oxygens (including phenoxy) is 12. The molecule has 0 spiro atoms. The van der Waals surface area contributed by atoms with Crippen LogP contribution in [0.2, 0.25) is 0 Å². The normalized spacial score (nSPS) is 18.3. The SMILES string of the molecule is CCC[C@@H](NC(=O)N1C(=O)C(CC)(CC)[C@@H]1Oc1ccc(C(=O)N2CCN(CCOCCOCCOC(=O)NCCCCNC(=O)OCCOCCOCCN3CCN(C(=O)c4ccc(O[C@@H]5N(C(=O)N[C@H](CCC)c6ccc7c(c6)OCO7)C(=O)C5(CC)CC)cc4)CC3)CC2)cc1)c1ccc2c(c1)OCO2. The number of urea groups is 2. The smallest absolute Gasteiger partial charge is 0.407 e. The zero-order chi connectivity index (χ0) is 76.4. The number of β-lactam (4-membered cyclic amide) rings is 2. The quantitative estimate of drug-likeness (QED) is 0.0238. The number of nitrogens with one attached hydrogen (secondary N) is 4. The number of likely N-dealkylation sites (tertiary alicyclic amines) is 2. The fourth-order valence-electron chi connectivity index (χ4n) is 14.2. The Bertz CT molecular complexity index is 3390. The summed E-state index contributed by atoms with van der Waals surface area (Å²) in [5.41, 5.74) is 0.977. The van der Waals surface area contributed by atoms with Gasteiger partial charge in [-0.05, 0) is 135 Å². The van der Waals surface area contributed by atoms with E-state index < -0.39 is 47.5 Å². The topological polar surface area (TPSA) is 315 Å². The van der Waals surface area contributed by atoms with Crippen LogP contribution < -0.4 is 49.7 Å². The number of carbonyl (C=O) groups is 8. The summed E-state index contributed by atoms with van der Waals surface area (Å²) in [6.07, 6.45) is 3.28. The number of imide groups is 2. The van der Waals surface area contributed by atoms with Crippen molar-refractivity contribution in [3.63, 3.8) is 0 Å². The number of hydrogen-bond donors (Lipinski definition) is 4. The molecule has 0 unspecified atom stereocenters.